The zero-order valence-corrected chi connectivity index (χ0v) is 13.8. The summed E-state index contributed by atoms with van der Waals surface area (Å²) >= 11 is 7.18. The minimum Gasteiger partial charge on any atom is -0.507 e. The number of phenols is 1. The van der Waals surface area contributed by atoms with Gasteiger partial charge in [0, 0.05) is 9.92 Å². The van der Waals surface area contributed by atoms with E-state index in [1.54, 1.807) is 12.1 Å². The number of phenolic OH excluding ortho intramolecular Hbond substituents is 1. The predicted molar refractivity (Wildman–Crippen MR) is 90.3 cm³/mol. The topological polar surface area (TPSA) is 75.6 Å². The molecule has 120 valence electrons. The van der Waals surface area contributed by atoms with Crippen LogP contribution in [0.3, 0.4) is 0 Å². The lowest BCUT2D eigenvalue weighted by Crippen LogP contribution is -2.21. The number of carbonyl (C=O) groups is 2. The van der Waals surface area contributed by atoms with Crippen molar-refractivity contribution in [2.24, 2.45) is 0 Å². The van der Waals surface area contributed by atoms with Crippen LogP contribution in [-0.2, 0) is 9.53 Å². The number of thioether (sulfide) groups is 1. The van der Waals surface area contributed by atoms with Crippen LogP contribution in [0, 0.1) is 0 Å². The van der Waals surface area contributed by atoms with Crippen LogP contribution in [0.1, 0.15) is 10.4 Å². The minimum atomic E-state index is -0.799. The molecule has 1 amide bonds. The quantitative estimate of drug-likeness (QED) is 0.636. The molecule has 0 aliphatic carbocycles. The van der Waals surface area contributed by atoms with Crippen molar-refractivity contribution in [3.63, 3.8) is 0 Å². The second-order valence-corrected chi connectivity index (χ2v) is 5.77. The predicted octanol–water partition coefficient (Wildman–Crippen LogP) is 3.56. The van der Waals surface area contributed by atoms with E-state index in [0.717, 1.165) is 4.90 Å². The first-order valence-corrected chi connectivity index (χ1v) is 8.20. The SMILES string of the molecule is CSc1ccccc1NC(=O)COC(=O)c1ccc(Cl)cc1O. The summed E-state index contributed by atoms with van der Waals surface area (Å²) in [6, 6.07) is 11.3. The van der Waals surface area contributed by atoms with Crippen molar-refractivity contribution in [1.82, 2.24) is 0 Å². The van der Waals surface area contributed by atoms with Crippen LogP contribution in [-0.4, -0.2) is 29.8 Å². The van der Waals surface area contributed by atoms with Crippen molar-refractivity contribution >= 4 is 40.9 Å². The van der Waals surface area contributed by atoms with Gasteiger partial charge in [0.25, 0.3) is 5.91 Å². The molecule has 0 heterocycles. The fourth-order valence-electron chi connectivity index (χ4n) is 1.82. The zero-order chi connectivity index (χ0) is 16.8. The average Bonchev–Trinajstić information content (AvgIpc) is 2.53. The van der Waals surface area contributed by atoms with Crippen molar-refractivity contribution in [3.8, 4) is 5.75 Å². The van der Waals surface area contributed by atoms with E-state index in [1.807, 2.05) is 18.4 Å². The molecule has 0 aliphatic heterocycles. The number of rotatable bonds is 5. The number of para-hydroxylation sites is 1. The molecule has 2 aromatic carbocycles. The normalized spacial score (nSPS) is 10.2. The third-order valence-electron chi connectivity index (χ3n) is 2.90. The van der Waals surface area contributed by atoms with Crippen molar-refractivity contribution < 1.29 is 19.4 Å². The number of aromatic hydroxyl groups is 1. The van der Waals surface area contributed by atoms with Crippen LogP contribution in [0.2, 0.25) is 5.02 Å². The van der Waals surface area contributed by atoms with Gasteiger partial charge in [-0.25, -0.2) is 4.79 Å². The van der Waals surface area contributed by atoms with E-state index in [0.29, 0.717) is 10.7 Å². The van der Waals surface area contributed by atoms with E-state index in [1.165, 1.54) is 30.0 Å². The molecule has 0 atom stereocenters. The lowest BCUT2D eigenvalue weighted by molar-refractivity contribution is -0.119. The van der Waals surface area contributed by atoms with Gasteiger partial charge >= 0.3 is 5.97 Å². The molecule has 0 radical (unpaired) electrons. The molecule has 2 aromatic rings. The molecule has 2 rings (SSSR count). The Hall–Kier alpha value is -2.18. The summed E-state index contributed by atoms with van der Waals surface area (Å²) in [5.74, 6) is -1.56. The highest BCUT2D eigenvalue weighted by Crippen LogP contribution is 2.25. The second kappa shape index (κ2) is 7.89. The van der Waals surface area contributed by atoms with Crippen molar-refractivity contribution in [2.45, 2.75) is 4.90 Å². The van der Waals surface area contributed by atoms with E-state index in [4.69, 9.17) is 16.3 Å². The van der Waals surface area contributed by atoms with Gasteiger partial charge in [-0.3, -0.25) is 4.79 Å². The first-order valence-electron chi connectivity index (χ1n) is 6.59. The first-order chi connectivity index (χ1) is 11.0. The molecule has 0 aromatic heterocycles. The van der Waals surface area contributed by atoms with Gasteiger partial charge in [0.05, 0.1) is 5.69 Å². The number of nitrogens with one attached hydrogen (secondary N) is 1. The number of hydrogen-bond donors (Lipinski definition) is 2. The largest absolute Gasteiger partial charge is 0.507 e. The molecule has 0 fully saturated rings. The molecule has 5 nitrogen and oxygen atoms in total. The van der Waals surface area contributed by atoms with Gasteiger partial charge in [-0.05, 0) is 36.6 Å². The molecule has 0 saturated carbocycles. The Kier molecular flexibility index (Phi) is 5.90. The Labute approximate surface area is 142 Å². The summed E-state index contributed by atoms with van der Waals surface area (Å²) in [4.78, 5) is 24.6. The Bertz CT molecular complexity index is 736. The maximum Gasteiger partial charge on any atom is 0.342 e. The van der Waals surface area contributed by atoms with Crippen molar-refractivity contribution in [1.29, 1.82) is 0 Å². The van der Waals surface area contributed by atoms with Gasteiger partial charge in [0.2, 0.25) is 0 Å². The summed E-state index contributed by atoms with van der Waals surface area (Å²) in [6.45, 7) is -0.455. The summed E-state index contributed by atoms with van der Waals surface area (Å²) in [5.41, 5.74) is 0.599. The number of benzene rings is 2. The maximum absolute atomic E-state index is 11.9. The van der Waals surface area contributed by atoms with Gasteiger partial charge in [0.1, 0.15) is 11.3 Å². The van der Waals surface area contributed by atoms with Crippen molar-refractivity contribution in [2.75, 3.05) is 18.2 Å². The van der Waals surface area contributed by atoms with Crippen LogP contribution in [0.5, 0.6) is 5.75 Å². The lowest BCUT2D eigenvalue weighted by Gasteiger charge is -2.10. The van der Waals surface area contributed by atoms with Gasteiger partial charge in [0.15, 0.2) is 6.61 Å². The second-order valence-electron chi connectivity index (χ2n) is 4.49. The molecule has 0 saturated heterocycles. The third-order valence-corrected chi connectivity index (χ3v) is 3.93. The lowest BCUT2D eigenvalue weighted by atomic mass is 10.2. The third kappa shape index (κ3) is 4.64. The van der Waals surface area contributed by atoms with E-state index in [2.05, 4.69) is 5.32 Å². The van der Waals surface area contributed by atoms with Crippen LogP contribution in [0.25, 0.3) is 0 Å². The molecule has 0 aliphatic rings. The number of halogens is 1. The van der Waals surface area contributed by atoms with Crippen LogP contribution < -0.4 is 5.32 Å². The van der Waals surface area contributed by atoms with Crippen LogP contribution in [0.15, 0.2) is 47.4 Å². The number of ether oxygens (including phenoxy) is 1. The Balaban J connectivity index is 1.95. The number of carbonyl (C=O) groups excluding carboxylic acids is 2. The minimum absolute atomic E-state index is 0.0493. The zero-order valence-electron chi connectivity index (χ0n) is 12.2. The Morgan fingerprint density at radius 2 is 2.00 bits per heavy atom. The van der Waals surface area contributed by atoms with Gasteiger partial charge in [-0.2, -0.15) is 0 Å². The number of hydrogen-bond acceptors (Lipinski definition) is 5. The molecular formula is C16H14ClNO4S. The highest BCUT2D eigenvalue weighted by molar-refractivity contribution is 7.98. The van der Waals surface area contributed by atoms with E-state index < -0.39 is 18.5 Å². The highest BCUT2D eigenvalue weighted by Gasteiger charge is 2.15. The molecule has 23 heavy (non-hydrogen) atoms. The fourth-order valence-corrected chi connectivity index (χ4v) is 2.54. The standard InChI is InChI=1S/C16H14ClNO4S/c1-23-14-5-3-2-4-12(14)18-15(20)9-22-16(21)11-7-6-10(17)8-13(11)19/h2-8,19H,9H2,1H3,(H,18,20). The van der Waals surface area contributed by atoms with Gasteiger partial charge in [-0.15, -0.1) is 11.8 Å². The summed E-state index contributed by atoms with van der Waals surface area (Å²) < 4.78 is 4.90. The van der Waals surface area contributed by atoms with E-state index in [9.17, 15) is 14.7 Å². The van der Waals surface area contributed by atoms with E-state index >= 15 is 0 Å². The summed E-state index contributed by atoms with van der Waals surface area (Å²) in [6.07, 6.45) is 1.90. The molecule has 2 N–H and O–H groups in total. The maximum atomic E-state index is 11.9. The molecule has 0 unspecified atom stereocenters. The van der Waals surface area contributed by atoms with E-state index in [-0.39, 0.29) is 11.3 Å². The van der Waals surface area contributed by atoms with Crippen LogP contribution in [0.4, 0.5) is 5.69 Å². The molecule has 0 bridgehead atoms. The Morgan fingerprint density at radius 3 is 2.70 bits per heavy atom. The Morgan fingerprint density at radius 1 is 1.26 bits per heavy atom. The fraction of sp³-hybridized carbons (Fsp3) is 0.125. The number of anilines is 1. The monoisotopic (exact) mass is 351 g/mol. The molecule has 0 spiro atoms. The number of esters is 1. The first kappa shape index (κ1) is 17.2. The van der Waals surface area contributed by atoms with Crippen LogP contribution >= 0.6 is 23.4 Å². The summed E-state index contributed by atoms with van der Waals surface area (Å²) in [5, 5.41) is 12.6. The number of amides is 1. The molecular weight excluding hydrogens is 338 g/mol. The van der Waals surface area contributed by atoms with Crippen molar-refractivity contribution in [3.05, 3.63) is 53.1 Å². The summed E-state index contributed by atoms with van der Waals surface area (Å²) in [7, 11) is 0. The average molecular weight is 352 g/mol. The smallest absolute Gasteiger partial charge is 0.342 e. The highest BCUT2D eigenvalue weighted by atomic mass is 35.5. The van der Waals surface area contributed by atoms with Gasteiger partial charge < -0.3 is 15.2 Å². The molecule has 7 heteroatoms. The van der Waals surface area contributed by atoms with Gasteiger partial charge in [-0.1, -0.05) is 23.7 Å².